The second-order valence-corrected chi connectivity index (χ2v) is 3.94. The van der Waals surface area contributed by atoms with Crippen molar-refractivity contribution in [2.24, 2.45) is 5.73 Å². The maximum absolute atomic E-state index is 12.2. The summed E-state index contributed by atoms with van der Waals surface area (Å²) in [7, 11) is 0. The summed E-state index contributed by atoms with van der Waals surface area (Å²) in [5.74, 6) is 0. The van der Waals surface area contributed by atoms with Crippen molar-refractivity contribution in [3.05, 3.63) is 51.9 Å². The molecule has 4 nitrogen and oxygen atoms in total. The van der Waals surface area contributed by atoms with Gasteiger partial charge in [0.1, 0.15) is 0 Å². The van der Waals surface area contributed by atoms with Gasteiger partial charge in [0.15, 0.2) is 0 Å². The molecule has 0 bridgehead atoms. The molecule has 0 saturated carbocycles. The van der Waals surface area contributed by atoms with Gasteiger partial charge in [-0.2, -0.15) is 0 Å². The average Bonchev–Trinajstić information content (AvgIpc) is 2.69. The first kappa shape index (κ1) is 11.7. The van der Waals surface area contributed by atoms with Gasteiger partial charge >= 0.3 is 0 Å². The minimum Gasteiger partial charge on any atom is -0.330 e. The van der Waals surface area contributed by atoms with Crippen molar-refractivity contribution in [2.45, 2.75) is 19.8 Å². The maximum Gasteiger partial charge on any atom is 0.274 e. The number of hydrogen-bond donors (Lipinski definition) is 2. The van der Waals surface area contributed by atoms with Crippen LogP contribution < -0.4 is 11.3 Å². The van der Waals surface area contributed by atoms with Crippen LogP contribution in [-0.2, 0) is 12.8 Å². The predicted molar refractivity (Wildman–Crippen MR) is 68.5 cm³/mol. The molecule has 0 fully saturated rings. The largest absolute Gasteiger partial charge is 0.330 e. The van der Waals surface area contributed by atoms with Crippen LogP contribution >= 0.6 is 0 Å². The van der Waals surface area contributed by atoms with E-state index in [-0.39, 0.29) is 5.56 Å². The van der Waals surface area contributed by atoms with Gasteiger partial charge in [-0.15, -0.1) is 0 Å². The molecule has 0 spiro atoms. The second-order valence-electron chi connectivity index (χ2n) is 3.94. The van der Waals surface area contributed by atoms with Gasteiger partial charge in [-0.25, -0.2) is 4.68 Å². The zero-order valence-corrected chi connectivity index (χ0v) is 9.94. The van der Waals surface area contributed by atoms with Crippen molar-refractivity contribution in [3.63, 3.8) is 0 Å². The van der Waals surface area contributed by atoms with Crippen molar-refractivity contribution < 1.29 is 0 Å². The molecule has 0 aliphatic heterocycles. The summed E-state index contributed by atoms with van der Waals surface area (Å²) in [6.45, 7) is 2.52. The van der Waals surface area contributed by atoms with E-state index in [0.29, 0.717) is 13.0 Å². The molecule has 0 saturated heterocycles. The molecule has 1 aromatic carbocycles. The van der Waals surface area contributed by atoms with Gasteiger partial charge in [-0.3, -0.25) is 9.89 Å². The third-order valence-electron chi connectivity index (χ3n) is 2.83. The SMILES string of the molecule is CCc1[nH]n(-c2ccccc2)c(=O)c1CCN. The van der Waals surface area contributed by atoms with Crippen molar-refractivity contribution >= 4 is 0 Å². The summed E-state index contributed by atoms with van der Waals surface area (Å²) in [5.41, 5.74) is 8.19. The second kappa shape index (κ2) is 5.01. The van der Waals surface area contributed by atoms with Crippen LogP contribution in [0.2, 0.25) is 0 Å². The predicted octanol–water partition coefficient (Wildman–Crippen LogP) is 1.23. The van der Waals surface area contributed by atoms with E-state index in [4.69, 9.17) is 5.73 Å². The minimum absolute atomic E-state index is 0.0125. The number of nitrogens with two attached hydrogens (primary N) is 1. The molecule has 0 atom stereocenters. The summed E-state index contributed by atoms with van der Waals surface area (Å²) in [6.07, 6.45) is 1.43. The van der Waals surface area contributed by atoms with E-state index in [1.165, 1.54) is 0 Å². The van der Waals surface area contributed by atoms with Crippen LogP contribution in [-0.4, -0.2) is 16.3 Å². The number of aromatic nitrogens is 2. The molecule has 17 heavy (non-hydrogen) atoms. The minimum atomic E-state index is 0.0125. The highest BCUT2D eigenvalue weighted by Crippen LogP contribution is 2.08. The topological polar surface area (TPSA) is 63.8 Å². The highest BCUT2D eigenvalue weighted by Gasteiger charge is 2.12. The Morgan fingerprint density at radius 3 is 2.59 bits per heavy atom. The first-order valence-electron chi connectivity index (χ1n) is 5.86. The number of nitrogens with zero attached hydrogens (tertiary/aromatic N) is 1. The number of aromatic amines is 1. The van der Waals surface area contributed by atoms with Crippen molar-refractivity contribution in [3.8, 4) is 5.69 Å². The summed E-state index contributed by atoms with van der Waals surface area (Å²) in [6, 6.07) is 9.57. The fraction of sp³-hybridized carbons (Fsp3) is 0.308. The summed E-state index contributed by atoms with van der Waals surface area (Å²) < 4.78 is 1.59. The van der Waals surface area contributed by atoms with Crippen LogP contribution in [0.5, 0.6) is 0 Å². The Balaban J connectivity index is 2.53. The molecule has 0 aliphatic carbocycles. The van der Waals surface area contributed by atoms with Gasteiger partial charge in [0.25, 0.3) is 5.56 Å². The number of aryl methyl sites for hydroxylation is 1. The lowest BCUT2D eigenvalue weighted by molar-refractivity contribution is 0.819. The maximum atomic E-state index is 12.2. The molecule has 0 amide bonds. The molecule has 0 unspecified atom stereocenters. The lowest BCUT2D eigenvalue weighted by Crippen LogP contribution is -2.19. The molecule has 1 heterocycles. The molecule has 0 radical (unpaired) electrons. The molecule has 3 N–H and O–H groups in total. The fourth-order valence-electron chi connectivity index (χ4n) is 1.97. The van der Waals surface area contributed by atoms with Crippen LogP contribution in [0.25, 0.3) is 5.69 Å². The van der Waals surface area contributed by atoms with Gasteiger partial charge in [-0.1, -0.05) is 25.1 Å². The Hall–Kier alpha value is -1.81. The molecule has 1 aromatic heterocycles. The standard InChI is InChI=1S/C13H17N3O/c1-2-12-11(8-9-14)13(17)16(15-12)10-6-4-3-5-7-10/h3-7,15H,2,8-9,14H2,1H3. The summed E-state index contributed by atoms with van der Waals surface area (Å²) >= 11 is 0. The van der Waals surface area contributed by atoms with Crippen LogP contribution in [0.3, 0.4) is 0 Å². The number of benzene rings is 1. The van der Waals surface area contributed by atoms with Gasteiger partial charge in [0.2, 0.25) is 0 Å². The molecule has 90 valence electrons. The van der Waals surface area contributed by atoms with Crippen molar-refractivity contribution in [2.75, 3.05) is 6.54 Å². The zero-order valence-electron chi connectivity index (χ0n) is 9.94. The Bertz CT molecular complexity index is 540. The van der Waals surface area contributed by atoms with E-state index in [0.717, 1.165) is 23.4 Å². The Morgan fingerprint density at radius 2 is 2.00 bits per heavy atom. The summed E-state index contributed by atoms with van der Waals surface area (Å²) in [4.78, 5) is 12.2. The third kappa shape index (κ3) is 2.17. The number of para-hydroxylation sites is 1. The number of hydrogen-bond acceptors (Lipinski definition) is 2. The third-order valence-corrected chi connectivity index (χ3v) is 2.83. The summed E-state index contributed by atoms with van der Waals surface area (Å²) in [5, 5.41) is 3.15. The highest BCUT2D eigenvalue weighted by atomic mass is 16.1. The molecular weight excluding hydrogens is 214 g/mol. The van der Waals surface area contributed by atoms with Gasteiger partial charge < -0.3 is 5.73 Å². The van der Waals surface area contributed by atoms with E-state index < -0.39 is 0 Å². The van der Waals surface area contributed by atoms with Gasteiger partial charge in [-0.05, 0) is 31.5 Å². The van der Waals surface area contributed by atoms with E-state index >= 15 is 0 Å². The smallest absolute Gasteiger partial charge is 0.274 e. The zero-order chi connectivity index (χ0) is 12.3. The Kier molecular flexibility index (Phi) is 3.44. The lowest BCUT2D eigenvalue weighted by atomic mass is 10.1. The normalized spacial score (nSPS) is 10.7. The van der Waals surface area contributed by atoms with Crippen molar-refractivity contribution in [1.29, 1.82) is 0 Å². The fourth-order valence-corrected chi connectivity index (χ4v) is 1.97. The number of rotatable bonds is 4. The van der Waals surface area contributed by atoms with E-state index in [2.05, 4.69) is 5.10 Å². The van der Waals surface area contributed by atoms with Crippen LogP contribution in [0.1, 0.15) is 18.2 Å². The molecule has 2 aromatic rings. The van der Waals surface area contributed by atoms with E-state index in [1.807, 2.05) is 37.3 Å². The Labute approximate surface area is 100 Å². The average molecular weight is 231 g/mol. The van der Waals surface area contributed by atoms with Crippen molar-refractivity contribution in [1.82, 2.24) is 9.78 Å². The first-order valence-corrected chi connectivity index (χ1v) is 5.86. The quantitative estimate of drug-likeness (QED) is 0.831. The molecular formula is C13H17N3O. The van der Waals surface area contributed by atoms with Crippen LogP contribution in [0.4, 0.5) is 0 Å². The highest BCUT2D eigenvalue weighted by molar-refractivity contribution is 5.33. The molecule has 0 aliphatic rings. The first-order chi connectivity index (χ1) is 8.27. The Morgan fingerprint density at radius 1 is 1.29 bits per heavy atom. The van der Waals surface area contributed by atoms with Gasteiger partial charge in [0.05, 0.1) is 5.69 Å². The molecule has 2 rings (SSSR count). The van der Waals surface area contributed by atoms with Gasteiger partial charge in [0, 0.05) is 11.3 Å². The number of H-pyrrole nitrogens is 1. The lowest BCUT2D eigenvalue weighted by Gasteiger charge is -1.99. The monoisotopic (exact) mass is 231 g/mol. The van der Waals surface area contributed by atoms with E-state index in [9.17, 15) is 4.79 Å². The van der Waals surface area contributed by atoms with Crippen LogP contribution in [0, 0.1) is 0 Å². The van der Waals surface area contributed by atoms with E-state index in [1.54, 1.807) is 4.68 Å². The molecule has 4 heteroatoms. The van der Waals surface area contributed by atoms with Crippen LogP contribution in [0.15, 0.2) is 35.1 Å². The number of nitrogens with one attached hydrogen (secondary N) is 1.